The summed E-state index contributed by atoms with van der Waals surface area (Å²) in [6.45, 7) is 0. The smallest absolute Gasteiger partial charge is 0.164 e. The fourth-order valence-corrected chi connectivity index (χ4v) is 9.84. The molecular formula is C51H30N4S. The first kappa shape index (κ1) is 31.2. The number of para-hydroxylation sites is 1. The van der Waals surface area contributed by atoms with Crippen LogP contribution in [-0.4, -0.2) is 19.5 Å². The van der Waals surface area contributed by atoms with Crippen molar-refractivity contribution in [2.75, 3.05) is 0 Å². The average molecular weight is 731 g/mol. The Labute approximate surface area is 325 Å². The van der Waals surface area contributed by atoms with Crippen LogP contribution in [0.5, 0.6) is 0 Å². The summed E-state index contributed by atoms with van der Waals surface area (Å²) in [6, 6.07) is 65.0. The lowest BCUT2D eigenvalue weighted by molar-refractivity contribution is 1.08. The number of benzene rings is 9. The lowest BCUT2D eigenvalue weighted by Gasteiger charge is -2.16. The topological polar surface area (TPSA) is 43.6 Å². The quantitative estimate of drug-likeness (QED) is 0.181. The van der Waals surface area contributed by atoms with Gasteiger partial charge in [0.25, 0.3) is 0 Å². The number of rotatable bonds is 4. The Balaban J connectivity index is 1.14. The molecule has 0 aliphatic carbocycles. The van der Waals surface area contributed by atoms with Crippen molar-refractivity contribution in [2.45, 2.75) is 0 Å². The predicted octanol–water partition coefficient (Wildman–Crippen LogP) is 13.8. The monoisotopic (exact) mass is 730 g/mol. The lowest BCUT2D eigenvalue weighted by atomic mass is 10.0. The summed E-state index contributed by atoms with van der Waals surface area (Å²) in [7, 11) is 0. The minimum atomic E-state index is 0.644. The standard InChI is InChI=1S/C51H30N4S/c1-2-15-33-30-45-42(29-32(33)14-1)37-20-7-9-24-43(37)55(45)44-28-27-39(35-18-5-6-19-36(35)44)50-52-49(38-22-11-16-31-13-3-4-17-34(31)38)53-51(54-50)41-23-12-26-47-48(41)40-21-8-10-25-46(40)56-47/h1-30H. The number of fused-ring (bicyclic) bond motifs is 9. The van der Waals surface area contributed by atoms with Gasteiger partial charge in [-0.3, -0.25) is 0 Å². The zero-order valence-corrected chi connectivity index (χ0v) is 30.8. The minimum absolute atomic E-state index is 0.644. The third-order valence-corrected chi connectivity index (χ3v) is 12.4. The van der Waals surface area contributed by atoms with Crippen molar-refractivity contribution >= 4 is 85.6 Å². The van der Waals surface area contributed by atoms with E-state index >= 15 is 0 Å². The minimum Gasteiger partial charge on any atom is -0.309 e. The van der Waals surface area contributed by atoms with Gasteiger partial charge in [-0.05, 0) is 69.4 Å². The van der Waals surface area contributed by atoms with Crippen LogP contribution in [0.3, 0.4) is 0 Å². The predicted molar refractivity (Wildman–Crippen MR) is 236 cm³/mol. The molecule has 0 bridgehead atoms. The van der Waals surface area contributed by atoms with Crippen LogP contribution in [0.15, 0.2) is 182 Å². The molecule has 0 aliphatic heterocycles. The molecule has 12 aromatic rings. The highest BCUT2D eigenvalue weighted by atomic mass is 32.1. The fourth-order valence-electron chi connectivity index (χ4n) is 8.71. The molecule has 3 heterocycles. The molecule has 0 fully saturated rings. The van der Waals surface area contributed by atoms with Gasteiger partial charge in [0.05, 0.1) is 16.7 Å². The lowest BCUT2D eigenvalue weighted by Crippen LogP contribution is -2.02. The third-order valence-electron chi connectivity index (χ3n) is 11.2. The van der Waals surface area contributed by atoms with Crippen LogP contribution in [0.2, 0.25) is 0 Å². The second-order valence-electron chi connectivity index (χ2n) is 14.4. The van der Waals surface area contributed by atoms with E-state index in [2.05, 4.69) is 187 Å². The van der Waals surface area contributed by atoms with Crippen LogP contribution < -0.4 is 0 Å². The molecule has 0 radical (unpaired) electrons. The number of hydrogen-bond donors (Lipinski definition) is 0. The molecule has 0 saturated heterocycles. The molecule has 260 valence electrons. The Morgan fingerprint density at radius 1 is 0.339 bits per heavy atom. The summed E-state index contributed by atoms with van der Waals surface area (Å²) >= 11 is 1.80. The maximum Gasteiger partial charge on any atom is 0.164 e. The van der Waals surface area contributed by atoms with E-state index in [9.17, 15) is 0 Å². The maximum absolute atomic E-state index is 5.37. The van der Waals surface area contributed by atoms with Crippen LogP contribution in [0.4, 0.5) is 0 Å². The largest absolute Gasteiger partial charge is 0.309 e. The van der Waals surface area contributed by atoms with Gasteiger partial charge in [0.15, 0.2) is 17.5 Å². The van der Waals surface area contributed by atoms with E-state index in [-0.39, 0.29) is 0 Å². The van der Waals surface area contributed by atoms with E-state index in [4.69, 9.17) is 15.0 Å². The SMILES string of the molecule is c1ccc2cc3c(cc2c1)c1ccccc1n3-c1ccc(-c2nc(-c3cccc4ccccc34)nc(-c3cccc4sc5ccccc5c34)n2)c2ccccc12. The van der Waals surface area contributed by atoms with Crippen LogP contribution in [-0.2, 0) is 0 Å². The second kappa shape index (κ2) is 12.2. The number of thiophene rings is 1. The van der Waals surface area contributed by atoms with Crippen molar-refractivity contribution in [1.82, 2.24) is 19.5 Å². The second-order valence-corrected chi connectivity index (χ2v) is 15.4. The summed E-state index contributed by atoms with van der Waals surface area (Å²) in [4.78, 5) is 16.0. The van der Waals surface area contributed by atoms with Crippen molar-refractivity contribution in [3.05, 3.63) is 182 Å². The zero-order chi connectivity index (χ0) is 36.7. The van der Waals surface area contributed by atoms with Crippen LogP contribution in [0.25, 0.3) is 114 Å². The van der Waals surface area contributed by atoms with Crippen LogP contribution in [0.1, 0.15) is 0 Å². The molecule has 0 N–H and O–H groups in total. The van der Waals surface area contributed by atoms with E-state index in [0.29, 0.717) is 17.5 Å². The van der Waals surface area contributed by atoms with Gasteiger partial charge in [-0.2, -0.15) is 0 Å². The molecule has 0 saturated carbocycles. The molecule has 0 amide bonds. The van der Waals surface area contributed by atoms with Crippen LogP contribution in [0, 0.1) is 0 Å². The molecule has 56 heavy (non-hydrogen) atoms. The third kappa shape index (κ3) is 4.68. The highest BCUT2D eigenvalue weighted by Gasteiger charge is 2.21. The number of nitrogens with zero attached hydrogens (tertiary/aromatic N) is 4. The molecular weight excluding hydrogens is 701 g/mol. The van der Waals surface area contributed by atoms with Crippen molar-refractivity contribution in [3.8, 4) is 39.9 Å². The van der Waals surface area contributed by atoms with Gasteiger partial charge in [0, 0.05) is 53.0 Å². The van der Waals surface area contributed by atoms with Gasteiger partial charge in [0.2, 0.25) is 0 Å². The van der Waals surface area contributed by atoms with E-state index in [1.54, 1.807) is 11.3 Å². The zero-order valence-electron chi connectivity index (χ0n) is 30.0. The van der Waals surface area contributed by atoms with Crippen LogP contribution >= 0.6 is 11.3 Å². The number of hydrogen-bond acceptors (Lipinski definition) is 4. The van der Waals surface area contributed by atoms with E-state index in [1.165, 1.54) is 52.8 Å². The first-order valence-electron chi connectivity index (χ1n) is 18.9. The first-order chi connectivity index (χ1) is 27.8. The summed E-state index contributed by atoms with van der Waals surface area (Å²) in [5.41, 5.74) is 6.41. The van der Waals surface area contributed by atoms with Crippen molar-refractivity contribution < 1.29 is 0 Å². The highest BCUT2D eigenvalue weighted by molar-refractivity contribution is 7.25. The Hall–Kier alpha value is -7.21. The van der Waals surface area contributed by atoms with Gasteiger partial charge >= 0.3 is 0 Å². The summed E-state index contributed by atoms with van der Waals surface area (Å²) in [6.07, 6.45) is 0. The first-order valence-corrected chi connectivity index (χ1v) is 19.7. The average Bonchev–Trinajstić information content (AvgIpc) is 3.80. The fraction of sp³-hybridized carbons (Fsp3) is 0. The molecule has 0 spiro atoms. The Morgan fingerprint density at radius 2 is 0.893 bits per heavy atom. The van der Waals surface area contributed by atoms with Gasteiger partial charge in [-0.15, -0.1) is 11.3 Å². The molecule has 5 heteroatoms. The Kier molecular flexibility index (Phi) is 6.76. The molecule has 0 atom stereocenters. The van der Waals surface area contributed by atoms with Gasteiger partial charge in [-0.25, -0.2) is 15.0 Å². The number of aromatic nitrogens is 4. The summed E-state index contributed by atoms with van der Waals surface area (Å²) in [5, 5.41) is 11.8. The molecule has 0 unspecified atom stereocenters. The Morgan fingerprint density at radius 3 is 1.71 bits per heavy atom. The molecule has 0 aliphatic rings. The van der Waals surface area contributed by atoms with Crippen molar-refractivity contribution in [3.63, 3.8) is 0 Å². The highest BCUT2D eigenvalue weighted by Crippen LogP contribution is 2.42. The summed E-state index contributed by atoms with van der Waals surface area (Å²) in [5.74, 6) is 1.96. The van der Waals surface area contributed by atoms with E-state index in [0.717, 1.165) is 43.9 Å². The van der Waals surface area contributed by atoms with E-state index in [1.807, 2.05) is 0 Å². The maximum atomic E-state index is 5.37. The summed E-state index contributed by atoms with van der Waals surface area (Å²) < 4.78 is 4.88. The molecule has 9 aromatic carbocycles. The molecule has 12 rings (SSSR count). The molecule has 3 aromatic heterocycles. The normalized spacial score (nSPS) is 11.9. The van der Waals surface area contributed by atoms with Gasteiger partial charge in [0.1, 0.15) is 0 Å². The molecule has 4 nitrogen and oxygen atoms in total. The Bertz CT molecular complexity index is 3550. The van der Waals surface area contributed by atoms with E-state index < -0.39 is 0 Å². The van der Waals surface area contributed by atoms with Gasteiger partial charge < -0.3 is 4.57 Å². The van der Waals surface area contributed by atoms with Gasteiger partial charge in [-0.1, -0.05) is 140 Å². The van der Waals surface area contributed by atoms with Crippen molar-refractivity contribution in [2.24, 2.45) is 0 Å². The van der Waals surface area contributed by atoms with Crippen molar-refractivity contribution in [1.29, 1.82) is 0 Å².